The van der Waals surface area contributed by atoms with E-state index >= 15 is 0 Å². The maximum atomic E-state index is 12.7. The highest BCUT2D eigenvalue weighted by molar-refractivity contribution is 5.99. The smallest absolute Gasteiger partial charge is 0.191 e. The fourth-order valence-electron chi connectivity index (χ4n) is 1.03. The number of hydrogen-bond acceptors (Lipinski definition) is 2. The Morgan fingerprint density at radius 1 is 1.43 bits per heavy atom. The summed E-state index contributed by atoms with van der Waals surface area (Å²) in [5, 5.41) is 9.17. The van der Waals surface area contributed by atoms with Gasteiger partial charge in [0.2, 0.25) is 0 Å². The maximum absolute atomic E-state index is 12.7. The predicted molar refractivity (Wildman–Crippen MR) is 47.0 cm³/mol. The number of aliphatic hydroxyl groups is 1. The Bertz CT molecular complexity index is 350. The van der Waals surface area contributed by atoms with Gasteiger partial charge >= 0.3 is 0 Å². The third-order valence-corrected chi connectivity index (χ3v) is 1.89. The first-order valence-electron chi connectivity index (χ1n) is 4.23. The van der Waals surface area contributed by atoms with Crippen molar-refractivity contribution >= 4 is 5.78 Å². The lowest BCUT2D eigenvalue weighted by Crippen LogP contribution is -2.19. The number of hydrogen-bond donors (Lipinski definition) is 1. The third-order valence-electron chi connectivity index (χ3n) is 1.89. The molecule has 0 heterocycles. The number of rotatable bonds is 3. The number of carbonyl (C=O) groups is 1. The second kappa shape index (κ2) is 4.28. The first-order chi connectivity index (χ1) is 6.56. The van der Waals surface area contributed by atoms with Gasteiger partial charge in [-0.3, -0.25) is 4.79 Å². The molecule has 1 N–H and O–H groups in total. The quantitative estimate of drug-likeness (QED) is 0.757. The zero-order chi connectivity index (χ0) is 10.7. The third kappa shape index (κ3) is 2.14. The molecule has 1 aromatic rings. The number of ketones is 1. The molecule has 76 valence electrons. The fraction of sp³-hybridized carbons (Fsp3) is 0.300. The van der Waals surface area contributed by atoms with Crippen molar-refractivity contribution in [1.29, 1.82) is 0 Å². The standard InChI is InChI=1S/C10H10F2O2/c1-2-9(13)10(14)6-3-4-7(11)8(12)5-6/h3-5,9,13H,2H2,1H3. The van der Waals surface area contributed by atoms with Crippen LogP contribution in [0.4, 0.5) is 8.78 Å². The average Bonchev–Trinajstić information content (AvgIpc) is 2.20. The molecule has 0 radical (unpaired) electrons. The summed E-state index contributed by atoms with van der Waals surface area (Å²) in [5.41, 5.74) is -0.0155. The second-order valence-corrected chi connectivity index (χ2v) is 2.92. The molecule has 0 amide bonds. The molecule has 1 aromatic carbocycles. The number of aliphatic hydroxyl groups excluding tert-OH is 1. The lowest BCUT2D eigenvalue weighted by molar-refractivity contribution is 0.0740. The SMILES string of the molecule is CCC(O)C(=O)c1ccc(F)c(F)c1. The maximum Gasteiger partial charge on any atom is 0.191 e. The molecule has 1 atom stereocenters. The van der Waals surface area contributed by atoms with Gasteiger partial charge in [-0.15, -0.1) is 0 Å². The van der Waals surface area contributed by atoms with E-state index in [4.69, 9.17) is 0 Å². The highest BCUT2D eigenvalue weighted by atomic mass is 19.2. The van der Waals surface area contributed by atoms with Crippen molar-refractivity contribution in [3.63, 3.8) is 0 Å². The van der Waals surface area contributed by atoms with E-state index < -0.39 is 23.5 Å². The fourth-order valence-corrected chi connectivity index (χ4v) is 1.03. The molecule has 1 rings (SSSR count). The van der Waals surface area contributed by atoms with Crippen molar-refractivity contribution < 1.29 is 18.7 Å². The normalized spacial score (nSPS) is 12.6. The minimum absolute atomic E-state index is 0.0155. The lowest BCUT2D eigenvalue weighted by Gasteiger charge is -2.06. The van der Waals surface area contributed by atoms with Gasteiger partial charge < -0.3 is 5.11 Å². The van der Waals surface area contributed by atoms with E-state index in [1.807, 2.05) is 0 Å². The molecule has 0 aliphatic heterocycles. The van der Waals surface area contributed by atoms with Crippen LogP contribution in [0, 0.1) is 11.6 Å². The van der Waals surface area contributed by atoms with Crippen molar-refractivity contribution in [3.05, 3.63) is 35.4 Å². The van der Waals surface area contributed by atoms with E-state index in [2.05, 4.69) is 0 Å². The molecule has 0 bridgehead atoms. The van der Waals surface area contributed by atoms with Gasteiger partial charge in [-0.2, -0.15) is 0 Å². The van der Waals surface area contributed by atoms with Crippen LogP contribution in [-0.2, 0) is 0 Å². The van der Waals surface area contributed by atoms with Crippen molar-refractivity contribution in [2.45, 2.75) is 19.4 Å². The zero-order valence-corrected chi connectivity index (χ0v) is 7.63. The lowest BCUT2D eigenvalue weighted by atomic mass is 10.0. The van der Waals surface area contributed by atoms with E-state index in [1.54, 1.807) is 6.92 Å². The van der Waals surface area contributed by atoms with Gasteiger partial charge in [0.15, 0.2) is 17.4 Å². The van der Waals surface area contributed by atoms with Crippen LogP contribution >= 0.6 is 0 Å². The predicted octanol–water partition coefficient (Wildman–Crippen LogP) is 1.92. The van der Waals surface area contributed by atoms with E-state index in [0.717, 1.165) is 18.2 Å². The van der Waals surface area contributed by atoms with E-state index in [9.17, 15) is 18.7 Å². The minimum atomic E-state index is -1.15. The summed E-state index contributed by atoms with van der Waals surface area (Å²) in [6.07, 6.45) is -0.905. The van der Waals surface area contributed by atoms with Gasteiger partial charge in [0.05, 0.1) is 0 Å². The number of carbonyl (C=O) groups excluding carboxylic acids is 1. The number of benzene rings is 1. The van der Waals surface area contributed by atoms with Crippen molar-refractivity contribution in [2.75, 3.05) is 0 Å². The van der Waals surface area contributed by atoms with Crippen LogP contribution in [0.25, 0.3) is 0 Å². The van der Waals surface area contributed by atoms with Crippen LogP contribution in [0.1, 0.15) is 23.7 Å². The minimum Gasteiger partial charge on any atom is -0.385 e. The van der Waals surface area contributed by atoms with Crippen molar-refractivity contribution in [2.24, 2.45) is 0 Å². The molecule has 0 saturated carbocycles. The largest absolute Gasteiger partial charge is 0.385 e. The highest BCUT2D eigenvalue weighted by Crippen LogP contribution is 2.11. The van der Waals surface area contributed by atoms with E-state index in [1.165, 1.54) is 0 Å². The Balaban J connectivity index is 2.97. The molecule has 0 aromatic heterocycles. The molecule has 0 spiro atoms. The Hall–Kier alpha value is -1.29. The molecule has 0 aliphatic carbocycles. The molecule has 4 heteroatoms. The summed E-state index contributed by atoms with van der Waals surface area (Å²) in [5.74, 6) is -2.68. The topological polar surface area (TPSA) is 37.3 Å². The molecule has 0 saturated heterocycles. The molecule has 14 heavy (non-hydrogen) atoms. The molecule has 1 unspecified atom stereocenters. The van der Waals surface area contributed by atoms with Crippen LogP contribution in [0.5, 0.6) is 0 Å². The Morgan fingerprint density at radius 3 is 2.57 bits per heavy atom. The Labute approximate surface area is 80.2 Å². The van der Waals surface area contributed by atoms with Crippen LogP contribution in [0.15, 0.2) is 18.2 Å². The first-order valence-corrected chi connectivity index (χ1v) is 4.23. The van der Waals surface area contributed by atoms with E-state index in [-0.39, 0.29) is 12.0 Å². The Kier molecular flexibility index (Phi) is 3.30. The van der Waals surface area contributed by atoms with Crippen molar-refractivity contribution in [3.8, 4) is 0 Å². The highest BCUT2D eigenvalue weighted by Gasteiger charge is 2.16. The summed E-state index contributed by atoms with van der Waals surface area (Å²) in [4.78, 5) is 11.3. The van der Waals surface area contributed by atoms with Gasteiger partial charge in [-0.25, -0.2) is 8.78 Å². The summed E-state index contributed by atoms with van der Waals surface area (Å²) >= 11 is 0. The average molecular weight is 200 g/mol. The van der Waals surface area contributed by atoms with Crippen LogP contribution in [0.3, 0.4) is 0 Å². The molecular formula is C10H10F2O2. The van der Waals surface area contributed by atoms with Gasteiger partial charge in [-0.1, -0.05) is 6.92 Å². The monoisotopic (exact) mass is 200 g/mol. The zero-order valence-electron chi connectivity index (χ0n) is 7.63. The van der Waals surface area contributed by atoms with Crippen molar-refractivity contribution in [1.82, 2.24) is 0 Å². The first kappa shape index (κ1) is 10.8. The summed E-state index contributed by atoms with van der Waals surface area (Å²) in [6, 6.07) is 2.81. The summed E-state index contributed by atoms with van der Waals surface area (Å²) in [7, 11) is 0. The second-order valence-electron chi connectivity index (χ2n) is 2.92. The van der Waals surface area contributed by atoms with Gasteiger partial charge in [0, 0.05) is 5.56 Å². The molecular weight excluding hydrogens is 190 g/mol. The number of halogens is 2. The molecule has 0 aliphatic rings. The van der Waals surface area contributed by atoms with Gasteiger partial charge in [-0.05, 0) is 24.6 Å². The Morgan fingerprint density at radius 2 is 2.07 bits per heavy atom. The van der Waals surface area contributed by atoms with Gasteiger partial charge in [0.1, 0.15) is 6.10 Å². The summed E-state index contributed by atoms with van der Waals surface area (Å²) in [6.45, 7) is 1.63. The number of Topliss-reactive ketones (excluding diaryl/α,β-unsaturated/α-hetero) is 1. The van der Waals surface area contributed by atoms with Gasteiger partial charge in [0.25, 0.3) is 0 Å². The van der Waals surface area contributed by atoms with E-state index in [0.29, 0.717) is 0 Å². The van der Waals surface area contributed by atoms with Crippen LogP contribution in [-0.4, -0.2) is 17.0 Å². The van der Waals surface area contributed by atoms with Crippen LogP contribution in [0.2, 0.25) is 0 Å². The van der Waals surface area contributed by atoms with Crippen LogP contribution < -0.4 is 0 Å². The molecule has 0 fully saturated rings. The summed E-state index contributed by atoms with van der Waals surface area (Å²) < 4.78 is 25.2. The molecule has 2 nitrogen and oxygen atoms in total.